The number of ether oxygens (including phenoxy) is 1. The summed E-state index contributed by atoms with van der Waals surface area (Å²) in [5.41, 5.74) is 9.11. The third kappa shape index (κ3) is 6.05. The van der Waals surface area contributed by atoms with Crippen LogP contribution in [0, 0.1) is 20.1 Å². The molecule has 6 aromatic heterocycles. The highest BCUT2D eigenvalue weighted by Crippen LogP contribution is 2.38. The van der Waals surface area contributed by atoms with E-state index in [0.717, 1.165) is 93.9 Å². The minimum absolute atomic E-state index is 0.0685. The zero-order valence-electron chi connectivity index (χ0n) is 42.1. The molecule has 14 aromatic rings. The lowest BCUT2D eigenvalue weighted by atomic mass is 10.1. The minimum Gasteiger partial charge on any atom is -0.458 e. The summed E-state index contributed by atoms with van der Waals surface area (Å²) in [4.78, 5) is 10.1. The zero-order valence-corrected chi connectivity index (χ0v) is 37.1. The fourth-order valence-corrected chi connectivity index (χ4v) is 10.2. The predicted molar refractivity (Wildman–Crippen MR) is 278 cm³/mol. The second kappa shape index (κ2) is 15.1. The number of fused-ring (bicyclic) bond motifs is 10. The molecule has 0 aliphatic carbocycles. The summed E-state index contributed by atoms with van der Waals surface area (Å²) in [7, 11) is 0. The van der Waals surface area contributed by atoms with Gasteiger partial charge < -0.3 is 4.74 Å². The summed E-state index contributed by atoms with van der Waals surface area (Å²) in [5, 5.41) is 6.33. The summed E-state index contributed by atoms with van der Waals surface area (Å²) in [5.74, 6) is 2.68. The summed E-state index contributed by atoms with van der Waals surface area (Å²) in [6, 6.07) is 67.5. The Morgan fingerprint density at radius 2 is 0.971 bits per heavy atom. The van der Waals surface area contributed by atoms with Crippen LogP contribution >= 0.6 is 0 Å². The number of para-hydroxylation sites is 7. The zero-order chi connectivity index (χ0) is 50.0. The fraction of sp³-hybridized carbons (Fsp3) is 0.0328. The first kappa shape index (κ1) is 34.1. The maximum absolute atomic E-state index is 9.15. The number of aromatic nitrogens is 7. The monoisotopic (exact) mass is 892 g/mol. The Morgan fingerprint density at radius 1 is 0.478 bits per heavy atom. The van der Waals surface area contributed by atoms with Crippen molar-refractivity contribution in [2.24, 2.45) is 0 Å². The smallest absolute Gasteiger partial charge is 0.269 e. The van der Waals surface area contributed by atoms with Gasteiger partial charge in [-0.05, 0) is 104 Å². The molecule has 0 spiro atoms. The van der Waals surface area contributed by atoms with Crippen LogP contribution in [-0.2, 0) is 0 Å². The van der Waals surface area contributed by atoms with E-state index in [2.05, 4.69) is 146 Å². The first-order valence-corrected chi connectivity index (χ1v) is 22.8. The number of hydrogen-bond acceptors (Lipinski definition) is 3. The van der Waals surface area contributed by atoms with Crippen LogP contribution in [0.25, 0.3) is 105 Å². The Balaban J connectivity index is 0.921. The van der Waals surface area contributed by atoms with Crippen molar-refractivity contribution >= 4 is 76.5 Å². The average molecular weight is 893 g/mol. The highest BCUT2D eigenvalue weighted by Gasteiger charge is 2.21. The van der Waals surface area contributed by atoms with E-state index >= 15 is 0 Å². The largest absolute Gasteiger partial charge is 0.458 e. The molecule has 0 N–H and O–H groups in total. The predicted octanol–water partition coefficient (Wildman–Crippen LogP) is 14.2. The molecule has 0 saturated carbocycles. The topological polar surface area (TPSA) is 58.6 Å². The summed E-state index contributed by atoms with van der Waals surface area (Å²) in [6.07, 6.45) is 3.56. The molecule has 0 aliphatic heterocycles. The van der Waals surface area contributed by atoms with Crippen molar-refractivity contribution in [2.75, 3.05) is 0 Å². The van der Waals surface area contributed by atoms with Gasteiger partial charge in [0.1, 0.15) is 29.0 Å². The van der Waals surface area contributed by atoms with Gasteiger partial charge in [0.15, 0.2) is 0 Å². The molecular formula is C61H41N7O. The number of rotatable bonds is 7. The lowest BCUT2D eigenvalue weighted by Gasteiger charge is -2.15. The van der Waals surface area contributed by atoms with Crippen molar-refractivity contribution in [3.8, 4) is 40.3 Å². The lowest BCUT2D eigenvalue weighted by molar-refractivity contribution is -0.572. The van der Waals surface area contributed by atoms with E-state index in [1.54, 1.807) is 4.57 Å². The second-order valence-corrected chi connectivity index (χ2v) is 17.3. The van der Waals surface area contributed by atoms with Gasteiger partial charge in [-0.25, -0.2) is 9.97 Å². The number of pyridine rings is 2. The molecule has 0 atom stereocenters. The van der Waals surface area contributed by atoms with E-state index < -0.39 is 6.85 Å². The van der Waals surface area contributed by atoms with E-state index in [1.807, 2.05) is 83.4 Å². The van der Waals surface area contributed by atoms with E-state index in [9.17, 15) is 0 Å². The van der Waals surface area contributed by atoms with Crippen LogP contribution in [-0.4, -0.2) is 28.2 Å². The molecule has 0 saturated heterocycles. The Hall–Kier alpha value is -9.27. The van der Waals surface area contributed by atoms with Crippen LogP contribution in [0.15, 0.2) is 212 Å². The van der Waals surface area contributed by atoms with Crippen molar-refractivity contribution in [1.29, 1.82) is 0 Å². The molecule has 8 nitrogen and oxygen atoms in total. The van der Waals surface area contributed by atoms with Crippen LogP contribution in [0.4, 0.5) is 0 Å². The molecule has 6 heterocycles. The molecule has 0 aliphatic rings. The molecule has 0 fully saturated rings. The lowest BCUT2D eigenvalue weighted by Crippen LogP contribution is -2.30. The van der Waals surface area contributed by atoms with Gasteiger partial charge in [-0.3, -0.25) is 22.8 Å². The third-order valence-electron chi connectivity index (χ3n) is 13.3. The van der Waals surface area contributed by atoms with Crippen LogP contribution in [0.5, 0.6) is 11.5 Å². The average Bonchev–Trinajstić information content (AvgIpc) is 4.21. The molecule has 0 unspecified atom stereocenters. The number of nitrogens with zero attached hydrogens (tertiary/aromatic N) is 7. The van der Waals surface area contributed by atoms with Gasteiger partial charge in [0.05, 0.1) is 58.2 Å². The Kier molecular flexibility index (Phi) is 7.48. The Labute approximate surface area is 403 Å². The summed E-state index contributed by atoms with van der Waals surface area (Å²) < 4.78 is 59.7. The minimum atomic E-state index is -2.61. The van der Waals surface area contributed by atoms with E-state index in [0.29, 0.717) is 17.0 Å². The molecule has 0 bridgehead atoms. The standard InChI is InChI=1S/C61H41N7O/c1-39-32-59(62-37-40(39)2)68-55-27-12-7-22-49(55)50-31-30-44(36-58(50)68)69-43-17-15-16-41(33-43)64-38-65(57-29-14-13-28-56(57)64)42-34-60(66-51-23-8-3-18-45(51)46-19-4-9-24-52(46)66)63-61(35-42)67-53-25-10-5-20-47(53)48-21-6-11-26-54(48)67/h3-37H,1-2H3/i1D3,32D,37D. The fourth-order valence-electron chi connectivity index (χ4n) is 10.2. The number of hydrogen-bond donors (Lipinski definition) is 0. The van der Waals surface area contributed by atoms with Crippen molar-refractivity contribution < 1.29 is 16.2 Å². The molecule has 8 aromatic carbocycles. The number of benzene rings is 8. The normalized spacial score (nSPS) is 13.1. The van der Waals surface area contributed by atoms with Crippen molar-refractivity contribution in [2.45, 2.75) is 13.8 Å². The SMILES string of the molecule is [2H]c1nc(-n2c3ccccc3c3ccc(Oc4cccc(-n5[c-][n+](-c6cc(-n7c8ccccc8c8ccccc87)nc(-n7c8ccccc8c8ccccc87)c6)c6ccccc65)c4)cc32)c([2H])c(C([2H])([2H])[2H])c1C. The van der Waals surface area contributed by atoms with Gasteiger partial charge in [-0.15, -0.1) is 0 Å². The molecular weight excluding hydrogens is 847 g/mol. The molecule has 326 valence electrons. The van der Waals surface area contributed by atoms with Gasteiger partial charge in [-0.1, -0.05) is 121 Å². The number of imidazole rings is 1. The van der Waals surface area contributed by atoms with Crippen molar-refractivity contribution in [1.82, 2.24) is 28.2 Å². The van der Waals surface area contributed by atoms with Crippen molar-refractivity contribution in [3.63, 3.8) is 0 Å². The van der Waals surface area contributed by atoms with E-state index in [4.69, 9.17) is 16.6 Å². The first-order chi connectivity index (χ1) is 36.1. The Bertz CT molecular complexity index is 4400. The van der Waals surface area contributed by atoms with E-state index in [-0.39, 0.29) is 29.2 Å². The molecule has 8 heteroatoms. The Morgan fingerprint density at radius 3 is 1.54 bits per heavy atom. The highest BCUT2D eigenvalue weighted by molar-refractivity contribution is 6.11. The molecule has 0 radical (unpaired) electrons. The maximum Gasteiger partial charge on any atom is 0.269 e. The maximum atomic E-state index is 9.15. The van der Waals surface area contributed by atoms with Crippen molar-refractivity contribution in [3.05, 3.63) is 230 Å². The van der Waals surface area contributed by atoms with Gasteiger partial charge >= 0.3 is 0 Å². The van der Waals surface area contributed by atoms with E-state index in [1.165, 1.54) is 6.92 Å². The van der Waals surface area contributed by atoms with Gasteiger partial charge in [0.2, 0.25) is 0 Å². The second-order valence-electron chi connectivity index (χ2n) is 17.3. The third-order valence-corrected chi connectivity index (χ3v) is 13.3. The summed E-state index contributed by atoms with van der Waals surface area (Å²) in [6.45, 7) is -1.08. The van der Waals surface area contributed by atoms with Crippen LogP contribution < -0.4 is 9.30 Å². The van der Waals surface area contributed by atoms with Gasteiger partial charge in [0, 0.05) is 48.7 Å². The summed E-state index contributed by atoms with van der Waals surface area (Å²) >= 11 is 0. The highest BCUT2D eigenvalue weighted by atomic mass is 16.5. The van der Waals surface area contributed by atoms with Gasteiger partial charge in [0.25, 0.3) is 6.33 Å². The first-order valence-electron chi connectivity index (χ1n) is 25.3. The van der Waals surface area contributed by atoms with Crippen LogP contribution in [0.3, 0.4) is 0 Å². The molecule has 14 rings (SSSR count). The quantitative estimate of drug-likeness (QED) is 0.118. The molecule has 69 heavy (non-hydrogen) atoms. The van der Waals surface area contributed by atoms with Crippen LogP contribution in [0.1, 0.15) is 18.0 Å². The van der Waals surface area contributed by atoms with Gasteiger partial charge in [-0.2, -0.15) is 0 Å². The van der Waals surface area contributed by atoms with Crippen LogP contribution in [0.2, 0.25) is 0 Å². The molecule has 0 amide bonds.